The quantitative estimate of drug-likeness (QED) is 0.836. The van der Waals surface area contributed by atoms with Crippen LogP contribution in [0.2, 0.25) is 5.02 Å². The predicted molar refractivity (Wildman–Crippen MR) is 74.8 cm³/mol. The molecule has 0 spiro atoms. The Balaban J connectivity index is 2.29. The van der Waals surface area contributed by atoms with E-state index in [-0.39, 0.29) is 0 Å². The molecule has 0 aliphatic rings. The Labute approximate surface area is 118 Å². The molecule has 2 aromatic carbocycles. The second-order valence-corrected chi connectivity index (χ2v) is 4.80. The summed E-state index contributed by atoms with van der Waals surface area (Å²) in [5.41, 5.74) is 6.68. The Morgan fingerprint density at radius 1 is 1.22 bits per heavy atom. The van der Waals surface area contributed by atoms with Crippen LogP contribution in [0, 0.1) is 11.3 Å². The van der Waals surface area contributed by atoms with Crippen molar-refractivity contribution in [3.63, 3.8) is 0 Å². The normalized spacial score (nSPS) is 9.83. The van der Waals surface area contributed by atoms with Crippen LogP contribution in [0.25, 0.3) is 0 Å². The van der Waals surface area contributed by atoms with Crippen molar-refractivity contribution < 1.29 is 4.74 Å². The maximum atomic E-state index is 8.77. The van der Waals surface area contributed by atoms with Gasteiger partial charge in [-0.3, -0.25) is 0 Å². The number of halogens is 2. The van der Waals surface area contributed by atoms with Crippen molar-refractivity contribution >= 4 is 33.2 Å². The summed E-state index contributed by atoms with van der Waals surface area (Å²) >= 11 is 9.25. The molecule has 0 aliphatic heterocycles. The second-order valence-electron chi connectivity index (χ2n) is 3.54. The number of rotatable bonds is 2. The van der Waals surface area contributed by atoms with Crippen LogP contribution in [-0.4, -0.2) is 0 Å². The molecule has 0 atom stereocenters. The molecule has 0 unspecified atom stereocenters. The fraction of sp³-hybridized carbons (Fsp3) is 0. The number of hydrogen-bond acceptors (Lipinski definition) is 3. The Morgan fingerprint density at radius 2 is 2.00 bits per heavy atom. The molecule has 5 heteroatoms. The van der Waals surface area contributed by atoms with Crippen molar-refractivity contribution in [3.8, 4) is 17.6 Å². The van der Waals surface area contributed by atoms with E-state index in [0.29, 0.717) is 32.2 Å². The van der Waals surface area contributed by atoms with E-state index in [0.717, 1.165) is 0 Å². The van der Waals surface area contributed by atoms with Crippen molar-refractivity contribution in [2.45, 2.75) is 0 Å². The Hall–Kier alpha value is -1.70. The lowest BCUT2D eigenvalue weighted by atomic mass is 10.2. The van der Waals surface area contributed by atoms with Gasteiger partial charge in [0, 0.05) is 6.07 Å². The molecule has 2 aromatic rings. The Morgan fingerprint density at radius 3 is 2.61 bits per heavy atom. The summed E-state index contributed by atoms with van der Waals surface area (Å²) in [5.74, 6) is 1.19. The number of nitriles is 1. The summed E-state index contributed by atoms with van der Waals surface area (Å²) in [7, 11) is 0. The van der Waals surface area contributed by atoms with Gasteiger partial charge in [0.25, 0.3) is 0 Å². The van der Waals surface area contributed by atoms with Crippen LogP contribution < -0.4 is 10.5 Å². The molecule has 2 N–H and O–H groups in total. The van der Waals surface area contributed by atoms with Crippen molar-refractivity contribution in [1.82, 2.24) is 0 Å². The van der Waals surface area contributed by atoms with Gasteiger partial charge in [-0.15, -0.1) is 0 Å². The van der Waals surface area contributed by atoms with E-state index >= 15 is 0 Å². The zero-order valence-corrected chi connectivity index (χ0v) is 11.5. The number of nitrogens with zero attached hydrogens (tertiary/aromatic N) is 1. The van der Waals surface area contributed by atoms with Crippen LogP contribution in [0.3, 0.4) is 0 Å². The molecule has 3 nitrogen and oxygen atoms in total. The summed E-state index contributed by atoms with van der Waals surface area (Å²) in [6.07, 6.45) is 0. The molecule has 0 heterocycles. The van der Waals surface area contributed by atoms with Crippen LogP contribution >= 0.6 is 27.5 Å². The number of benzene rings is 2. The fourth-order valence-electron chi connectivity index (χ4n) is 1.35. The molecule has 0 fully saturated rings. The smallest absolute Gasteiger partial charge is 0.141 e. The zero-order chi connectivity index (χ0) is 13.1. The van der Waals surface area contributed by atoms with E-state index in [9.17, 15) is 0 Å². The lowest BCUT2D eigenvalue weighted by molar-refractivity contribution is 0.479. The first-order valence-electron chi connectivity index (χ1n) is 5.02. The zero-order valence-electron chi connectivity index (χ0n) is 9.15. The van der Waals surface area contributed by atoms with E-state index in [1.54, 1.807) is 36.4 Å². The standard InChI is InChI=1S/C13H8BrClN2O/c14-10-5-8(7-16)1-4-13(10)18-9-2-3-12(17)11(15)6-9/h1-6H,17H2. The maximum Gasteiger partial charge on any atom is 0.141 e. The van der Waals surface area contributed by atoms with E-state index in [2.05, 4.69) is 22.0 Å². The van der Waals surface area contributed by atoms with Crippen molar-refractivity contribution in [2.75, 3.05) is 5.73 Å². The molecule has 90 valence electrons. The summed E-state index contributed by atoms with van der Waals surface area (Å²) in [4.78, 5) is 0. The summed E-state index contributed by atoms with van der Waals surface area (Å²) in [6, 6.07) is 12.2. The van der Waals surface area contributed by atoms with Gasteiger partial charge in [-0.05, 0) is 46.3 Å². The lowest BCUT2D eigenvalue weighted by Gasteiger charge is -2.08. The molecule has 0 aliphatic carbocycles. The predicted octanol–water partition coefficient (Wildman–Crippen LogP) is 4.35. The van der Waals surface area contributed by atoms with Gasteiger partial charge in [0.05, 0.1) is 26.8 Å². The number of hydrogen-bond donors (Lipinski definition) is 1. The number of nitrogens with two attached hydrogens (primary N) is 1. The first-order chi connectivity index (χ1) is 8.60. The number of anilines is 1. The van der Waals surface area contributed by atoms with Gasteiger partial charge in [-0.1, -0.05) is 11.6 Å². The highest BCUT2D eigenvalue weighted by molar-refractivity contribution is 9.10. The first-order valence-corrected chi connectivity index (χ1v) is 6.20. The molecule has 2 rings (SSSR count). The minimum atomic E-state index is 0.442. The third-order valence-corrected chi connectivity index (χ3v) is 3.21. The van der Waals surface area contributed by atoms with Gasteiger partial charge in [0.2, 0.25) is 0 Å². The molecular formula is C13H8BrClN2O. The maximum absolute atomic E-state index is 8.77. The van der Waals surface area contributed by atoms with Crippen molar-refractivity contribution in [2.24, 2.45) is 0 Å². The topological polar surface area (TPSA) is 59.0 Å². The highest BCUT2D eigenvalue weighted by Gasteiger charge is 2.05. The highest BCUT2D eigenvalue weighted by atomic mass is 79.9. The third kappa shape index (κ3) is 2.76. The first kappa shape index (κ1) is 12.7. The summed E-state index contributed by atoms with van der Waals surface area (Å²) < 4.78 is 6.35. The van der Waals surface area contributed by atoms with Gasteiger partial charge >= 0.3 is 0 Å². The third-order valence-electron chi connectivity index (χ3n) is 2.26. The SMILES string of the molecule is N#Cc1ccc(Oc2ccc(N)c(Cl)c2)c(Br)c1. The van der Waals surface area contributed by atoms with Crippen LogP contribution in [0.4, 0.5) is 5.69 Å². The summed E-state index contributed by atoms with van der Waals surface area (Å²) in [5, 5.41) is 9.21. The molecule has 0 radical (unpaired) electrons. The second kappa shape index (κ2) is 5.30. The molecule has 0 bridgehead atoms. The van der Waals surface area contributed by atoms with Crippen LogP contribution in [0.5, 0.6) is 11.5 Å². The van der Waals surface area contributed by atoms with E-state index in [4.69, 9.17) is 27.3 Å². The van der Waals surface area contributed by atoms with Gasteiger partial charge in [0.15, 0.2) is 0 Å². The molecular weight excluding hydrogens is 316 g/mol. The van der Waals surface area contributed by atoms with E-state index < -0.39 is 0 Å². The molecule has 0 aromatic heterocycles. The monoisotopic (exact) mass is 322 g/mol. The van der Waals surface area contributed by atoms with Crippen LogP contribution in [0.1, 0.15) is 5.56 Å². The minimum absolute atomic E-state index is 0.442. The molecule has 0 saturated heterocycles. The van der Waals surface area contributed by atoms with Gasteiger partial charge < -0.3 is 10.5 Å². The largest absolute Gasteiger partial charge is 0.456 e. The highest BCUT2D eigenvalue weighted by Crippen LogP contribution is 2.32. The van der Waals surface area contributed by atoms with Gasteiger partial charge in [0.1, 0.15) is 11.5 Å². The number of nitrogen functional groups attached to an aromatic ring is 1. The molecule has 18 heavy (non-hydrogen) atoms. The average Bonchev–Trinajstić information content (AvgIpc) is 2.36. The van der Waals surface area contributed by atoms with Crippen LogP contribution in [-0.2, 0) is 0 Å². The fourth-order valence-corrected chi connectivity index (χ4v) is 1.98. The van der Waals surface area contributed by atoms with Gasteiger partial charge in [-0.25, -0.2) is 0 Å². The van der Waals surface area contributed by atoms with Crippen molar-refractivity contribution in [3.05, 3.63) is 51.5 Å². The summed E-state index contributed by atoms with van der Waals surface area (Å²) in [6.45, 7) is 0. The average molecular weight is 324 g/mol. The van der Waals surface area contributed by atoms with Crippen molar-refractivity contribution in [1.29, 1.82) is 5.26 Å². The van der Waals surface area contributed by atoms with E-state index in [1.807, 2.05) is 0 Å². The van der Waals surface area contributed by atoms with Crippen LogP contribution in [0.15, 0.2) is 40.9 Å². The minimum Gasteiger partial charge on any atom is -0.456 e. The van der Waals surface area contributed by atoms with Gasteiger partial charge in [-0.2, -0.15) is 5.26 Å². The number of ether oxygens (including phenoxy) is 1. The Bertz CT molecular complexity index is 637. The van der Waals surface area contributed by atoms with E-state index in [1.165, 1.54) is 0 Å². The Kier molecular flexibility index (Phi) is 3.75. The lowest BCUT2D eigenvalue weighted by Crippen LogP contribution is -1.89. The molecule has 0 amide bonds. The molecule has 0 saturated carbocycles.